The first-order chi connectivity index (χ1) is 7.55. The van der Waals surface area contributed by atoms with Crippen LogP contribution < -0.4 is 5.32 Å². The molecule has 0 aromatic heterocycles. The maximum absolute atomic E-state index is 12.1. The number of nitrogens with one attached hydrogen (secondary N) is 1. The number of hydrogen-bond acceptors (Lipinski definition) is 2. The zero-order valence-electron chi connectivity index (χ0n) is 10.5. The van der Waals surface area contributed by atoms with Crippen molar-refractivity contribution in [1.29, 1.82) is 5.26 Å². The fourth-order valence-electron chi connectivity index (χ4n) is 2.41. The van der Waals surface area contributed by atoms with Crippen LogP contribution in [-0.4, -0.2) is 11.9 Å². The van der Waals surface area contributed by atoms with Crippen LogP contribution in [0.4, 0.5) is 0 Å². The van der Waals surface area contributed by atoms with Crippen LogP contribution in [0, 0.1) is 22.7 Å². The lowest BCUT2D eigenvalue weighted by molar-refractivity contribution is -0.129. The number of nitriles is 1. The van der Waals surface area contributed by atoms with Crippen LogP contribution in [0.3, 0.4) is 0 Å². The van der Waals surface area contributed by atoms with Crippen molar-refractivity contribution >= 4 is 5.91 Å². The largest absolute Gasteiger partial charge is 0.352 e. The van der Waals surface area contributed by atoms with Gasteiger partial charge in [-0.25, -0.2) is 0 Å². The Balaban J connectivity index is 2.67. The molecule has 1 fully saturated rings. The van der Waals surface area contributed by atoms with E-state index in [0.717, 1.165) is 32.1 Å². The van der Waals surface area contributed by atoms with E-state index in [0.29, 0.717) is 5.92 Å². The molecule has 90 valence electrons. The van der Waals surface area contributed by atoms with Gasteiger partial charge in [-0.2, -0.15) is 5.26 Å². The van der Waals surface area contributed by atoms with Crippen LogP contribution in [-0.2, 0) is 4.79 Å². The fourth-order valence-corrected chi connectivity index (χ4v) is 2.41. The third-order valence-electron chi connectivity index (χ3n) is 3.67. The van der Waals surface area contributed by atoms with E-state index in [2.05, 4.69) is 32.2 Å². The summed E-state index contributed by atoms with van der Waals surface area (Å²) in [4.78, 5) is 12.1. The SMILES string of the molecule is CCC(NC(=O)C1(C#N)CCCC1)C(C)C. The number of amides is 1. The molecule has 0 heterocycles. The summed E-state index contributed by atoms with van der Waals surface area (Å²) in [6, 6.07) is 2.43. The second kappa shape index (κ2) is 5.34. The van der Waals surface area contributed by atoms with Crippen LogP contribution in [0.5, 0.6) is 0 Å². The highest BCUT2D eigenvalue weighted by atomic mass is 16.2. The Morgan fingerprint density at radius 1 is 1.44 bits per heavy atom. The van der Waals surface area contributed by atoms with E-state index in [1.807, 2.05) is 0 Å². The first-order valence-corrected chi connectivity index (χ1v) is 6.28. The summed E-state index contributed by atoms with van der Waals surface area (Å²) in [6.45, 7) is 6.27. The van der Waals surface area contributed by atoms with Crippen molar-refractivity contribution in [2.75, 3.05) is 0 Å². The molecule has 3 heteroatoms. The maximum atomic E-state index is 12.1. The lowest BCUT2D eigenvalue weighted by Crippen LogP contribution is -2.45. The molecule has 0 aromatic carbocycles. The van der Waals surface area contributed by atoms with Crippen molar-refractivity contribution in [3.63, 3.8) is 0 Å². The van der Waals surface area contributed by atoms with E-state index >= 15 is 0 Å². The average Bonchev–Trinajstić information content (AvgIpc) is 2.74. The van der Waals surface area contributed by atoms with Gasteiger partial charge in [-0.05, 0) is 25.2 Å². The normalized spacial score (nSPS) is 20.4. The molecule has 0 spiro atoms. The zero-order chi connectivity index (χ0) is 12.2. The first-order valence-electron chi connectivity index (χ1n) is 6.28. The quantitative estimate of drug-likeness (QED) is 0.795. The Morgan fingerprint density at radius 2 is 2.00 bits per heavy atom. The highest BCUT2D eigenvalue weighted by Crippen LogP contribution is 2.37. The molecule has 1 atom stereocenters. The van der Waals surface area contributed by atoms with E-state index in [9.17, 15) is 10.1 Å². The molecule has 1 aliphatic rings. The monoisotopic (exact) mass is 222 g/mol. The third-order valence-corrected chi connectivity index (χ3v) is 3.67. The molecular formula is C13H22N2O. The van der Waals surface area contributed by atoms with Crippen LogP contribution in [0.15, 0.2) is 0 Å². The minimum absolute atomic E-state index is 0.0481. The number of carbonyl (C=O) groups excluding carboxylic acids is 1. The van der Waals surface area contributed by atoms with E-state index in [1.165, 1.54) is 0 Å². The van der Waals surface area contributed by atoms with Crippen LogP contribution >= 0.6 is 0 Å². The molecule has 16 heavy (non-hydrogen) atoms. The van der Waals surface area contributed by atoms with Gasteiger partial charge in [0, 0.05) is 6.04 Å². The lowest BCUT2D eigenvalue weighted by atomic mass is 9.86. The lowest BCUT2D eigenvalue weighted by Gasteiger charge is -2.26. The van der Waals surface area contributed by atoms with Gasteiger partial charge in [-0.15, -0.1) is 0 Å². The number of nitrogens with zero attached hydrogens (tertiary/aromatic N) is 1. The standard InChI is InChI=1S/C13H22N2O/c1-4-11(10(2)3)15-12(16)13(9-14)7-5-6-8-13/h10-11H,4-8H2,1-3H3,(H,15,16). The van der Waals surface area contributed by atoms with Crippen molar-refractivity contribution < 1.29 is 4.79 Å². The van der Waals surface area contributed by atoms with Crippen molar-refractivity contribution in [3.05, 3.63) is 0 Å². The maximum Gasteiger partial charge on any atom is 0.240 e. The molecule has 1 amide bonds. The Hall–Kier alpha value is -1.04. The fraction of sp³-hybridized carbons (Fsp3) is 0.846. The van der Waals surface area contributed by atoms with E-state index < -0.39 is 5.41 Å². The van der Waals surface area contributed by atoms with Gasteiger partial charge in [0.25, 0.3) is 0 Å². The minimum atomic E-state index is -0.734. The Labute approximate surface area is 98.2 Å². The first kappa shape index (κ1) is 13.0. The summed E-state index contributed by atoms with van der Waals surface area (Å²) < 4.78 is 0. The van der Waals surface area contributed by atoms with Crippen molar-refractivity contribution in [2.45, 2.75) is 58.9 Å². The van der Waals surface area contributed by atoms with Gasteiger partial charge in [-0.1, -0.05) is 33.6 Å². The predicted octanol–water partition coefficient (Wildman–Crippen LogP) is 2.62. The van der Waals surface area contributed by atoms with Crippen molar-refractivity contribution in [3.8, 4) is 6.07 Å². The molecule has 3 nitrogen and oxygen atoms in total. The predicted molar refractivity (Wildman–Crippen MR) is 63.6 cm³/mol. The number of carbonyl (C=O) groups is 1. The van der Waals surface area contributed by atoms with Crippen LogP contribution in [0.25, 0.3) is 0 Å². The second-order valence-corrected chi connectivity index (χ2v) is 5.13. The highest BCUT2D eigenvalue weighted by Gasteiger charge is 2.42. The van der Waals surface area contributed by atoms with Crippen molar-refractivity contribution in [1.82, 2.24) is 5.32 Å². The molecule has 1 saturated carbocycles. The number of hydrogen-bond donors (Lipinski definition) is 1. The topological polar surface area (TPSA) is 52.9 Å². The van der Waals surface area contributed by atoms with E-state index in [-0.39, 0.29) is 11.9 Å². The molecular weight excluding hydrogens is 200 g/mol. The summed E-state index contributed by atoms with van der Waals surface area (Å²) in [6.07, 6.45) is 4.37. The Kier molecular flexibility index (Phi) is 4.35. The summed E-state index contributed by atoms with van der Waals surface area (Å²) in [5.74, 6) is 0.374. The van der Waals surface area contributed by atoms with Gasteiger partial charge in [0.15, 0.2) is 0 Å². The van der Waals surface area contributed by atoms with Crippen LogP contribution in [0.2, 0.25) is 0 Å². The molecule has 0 saturated heterocycles. The summed E-state index contributed by atoms with van der Waals surface area (Å²) in [5.41, 5.74) is -0.734. The third kappa shape index (κ3) is 2.55. The molecule has 0 aliphatic heterocycles. The van der Waals surface area contributed by atoms with Gasteiger partial charge in [-0.3, -0.25) is 4.79 Å². The Bertz CT molecular complexity index is 285. The van der Waals surface area contributed by atoms with Gasteiger partial charge in [0.2, 0.25) is 5.91 Å². The van der Waals surface area contributed by atoms with E-state index in [4.69, 9.17) is 0 Å². The summed E-state index contributed by atoms with van der Waals surface area (Å²) >= 11 is 0. The molecule has 1 N–H and O–H groups in total. The molecule has 0 bridgehead atoms. The summed E-state index contributed by atoms with van der Waals surface area (Å²) in [5, 5.41) is 12.2. The van der Waals surface area contributed by atoms with Gasteiger partial charge < -0.3 is 5.32 Å². The second-order valence-electron chi connectivity index (χ2n) is 5.13. The van der Waals surface area contributed by atoms with Gasteiger partial charge >= 0.3 is 0 Å². The minimum Gasteiger partial charge on any atom is -0.352 e. The van der Waals surface area contributed by atoms with Crippen molar-refractivity contribution in [2.24, 2.45) is 11.3 Å². The smallest absolute Gasteiger partial charge is 0.240 e. The molecule has 1 rings (SSSR count). The van der Waals surface area contributed by atoms with E-state index in [1.54, 1.807) is 0 Å². The zero-order valence-corrected chi connectivity index (χ0v) is 10.5. The Morgan fingerprint density at radius 3 is 2.38 bits per heavy atom. The summed E-state index contributed by atoms with van der Waals surface area (Å²) in [7, 11) is 0. The van der Waals surface area contributed by atoms with Crippen LogP contribution in [0.1, 0.15) is 52.9 Å². The molecule has 0 aromatic rings. The van der Waals surface area contributed by atoms with Gasteiger partial charge in [0.05, 0.1) is 6.07 Å². The molecule has 1 unspecified atom stereocenters. The number of rotatable bonds is 4. The molecule has 1 aliphatic carbocycles. The average molecular weight is 222 g/mol. The van der Waals surface area contributed by atoms with Gasteiger partial charge in [0.1, 0.15) is 5.41 Å². The highest BCUT2D eigenvalue weighted by molar-refractivity contribution is 5.86. The molecule has 0 radical (unpaired) electrons.